The fourth-order valence-electron chi connectivity index (χ4n) is 5.15. The monoisotopic (exact) mass is 479 g/mol. The van der Waals surface area contributed by atoms with Crippen molar-refractivity contribution < 1.29 is 24.2 Å². The highest BCUT2D eigenvalue weighted by Crippen LogP contribution is 2.35. The standard InChI is InChI=1S/C27H33N3O5/c1-19(2)29-16-21(24-9-8-23(33-3)14-25(24)29)15-28-12-10-27(11-13-28)17-30(35-18-34-27)22-6-4-20(5-7-22)26(31)32/h4-9,14,16,19H,10-13,15,17-18H2,1-3H3,(H,31,32). The number of benzene rings is 2. The molecule has 0 bridgehead atoms. The van der Waals surface area contributed by atoms with Gasteiger partial charge in [-0.15, -0.1) is 0 Å². The van der Waals surface area contributed by atoms with Crippen LogP contribution in [0.15, 0.2) is 48.7 Å². The Balaban J connectivity index is 1.26. The molecule has 0 aliphatic carbocycles. The molecule has 8 nitrogen and oxygen atoms in total. The summed E-state index contributed by atoms with van der Waals surface area (Å²) in [6.07, 6.45) is 4.11. The fourth-order valence-corrected chi connectivity index (χ4v) is 5.15. The summed E-state index contributed by atoms with van der Waals surface area (Å²) >= 11 is 0. The van der Waals surface area contributed by atoms with Crippen molar-refractivity contribution in [2.75, 3.05) is 38.6 Å². The lowest BCUT2D eigenvalue weighted by Gasteiger charge is -2.47. The van der Waals surface area contributed by atoms with Crippen LogP contribution < -0.4 is 9.80 Å². The minimum absolute atomic E-state index is 0.199. The van der Waals surface area contributed by atoms with Crippen molar-refractivity contribution in [2.24, 2.45) is 0 Å². The zero-order valence-corrected chi connectivity index (χ0v) is 20.6. The molecule has 2 aromatic carbocycles. The van der Waals surface area contributed by atoms with Crippen LogP contribution in [0.25, 0.3) is 10.9 Å². The zero-order valence-electron chi connectivity index (χ0n) is 20.6. The Kier molecular flexibility index (Phi) is 6.44. The molecule has 1 N–H and O–H groups in total. The van der Waals surface area contributed by atoms with Crippen LogP contribution >= 0.6 is 0 Å². The average Bonchev–Trinajstić information content (AvgIpc) is 3.23. The predicted molar refractivity (Wildman–Crippen MR) is 134 cm³/mol. The van der Waals surface area contributed by atoms with Crippen LogP contribution in [0.1, 0.15) is 48.7 Å². The van der Waals surface area contributed by atoms with Crippen LogP contribution in [0, 0.1) is 0 Å². The number of nitrogens with zero attached hydrogens (tertiary/aromatic N) is 3. The number of piperidine rings is 1. The summed E-state index contributed by atoms with van der Waals surface area (Å²) in [7, 11) is 1.71. The summed E-state index contributed by atoms with van der Waals surface area (Å²) in [5, 5.41) is 12.3. The number of anilines is 1. The molecule has 0 radical (unpaired) electrons. The number of carboxylic acids is 1. The number of likely N-dealkylation sites (tertiary alicyclic amines) is 1. The molecule has 0 saturated carbocycles. The average molecular weight is 480 g/mol. The van der Waals surface area contributed by atoms with Crippen LogP contribution in [0.3, 0.4) is 0 Å². The zero-order chi connectivity index (χ0) is 24.6. The summed E-state index contributed by atoms with van der Waals surface area (Å²) in [6, 6.07) is 13.5. The first-order valence-corrected chi connectivity index (χ1v) is 12.1. The lowest BCUT2D eigenvalue weighted by molar-refractivity contribution is -0.207. The van der Waals surface area contributed by atoms with Crippen molar-refractivity contribution in [3.63, 3.8) is 0 Å². The second-order valence-electron chi connectivity index (χ2n) is 9.78. The Morgan fingerprint density at radius 1 is 1.14 bits per heavy atom. The van der Waals surface area contributed by atoms with Gasteiger partial charge in [-0.05, 0) is 68.7 Å². The number of carbonyl (C=O) groups is 1. The van der Waals surface area contributed by atoms with Crippen LogP contribution in [-0.2, 0) is 16.1 Å². The summed E-state index contributed by atoms with van der Waals surface area (Å²) in [6.45, 7) is 8.01. The minimum Gasteiger partial charge on any atom is -0.497 e. The van der Waals surface area contributed by atoms with E-state index in [0.29, 0.717) is 12.6 Å². The van der Waals surface area contributed by atoms with Crippen molar-refractivity contribution in [1.29, 1.82) is 0 Å². The molecule has 2 fully saturated rings. The first-order valence-electron chi connectivity index (χ1n) is 12.1. The molecule has 8 heteroatoms. The molecule has 2 aliphatic rings. The van der Waals surface area contributed by atoms with Gasteiger partial charge in [-0.1, -0.05) is 0 Å². The third-order valence-electron chi connectivity index (χ3n) is 7.25. The smallest absolute Gasteiger partial charge is 0.335 e. The van der Waals surface area contributed by atoms with Gasteiger partial charge in [-0.25, -0.2) is 14.7 Å². The maximum Gasteiger partial charge on any atom is 0.335 e. The lowest BCUT2D eigenvalue weighted by Crippen LogP contribution is -2.56. The largest absolute Gasteiger partial charge is 0.497 e. The first-order chi connectivity index (χ1) is 16.9. The molecule has 1 aromatic heterocycles. The Morgan fingerprint density at radius 3 is 2.54 bits per heavy atom. The van der Waals surface area contributed by atoms with Gasteiger partial charge in [0.2, 0.25) is 0 Å². The van der Waals surface area contributed by atoms with Crippen molar-refractivity contribution >= 4 is 22.6 Å². The SMILES string of the molecule is COc1ccc2c(CN3CCC4(CC3)CN(c3ccc(C(=O)O)cc3)OCO4)cn(C(C)C)c2c1. The molecule has 0 unspecified atom stereocenters. The van der Waals surface area contributed by atoms with E-state index < -0.39 is 5.97 Å². The second-order valence-corrected chi connectivity index (χ2v) is 9.78. The molecule has 0 amide bonds. The van der Waals surface area contributed by atoms with Crippen molar-refractivity contribution in [1.82, 2.24) is 9.47 Å². The van der Waals surface area contributed by atoms with E-state index in [4.69, 9.17) is 19.4 Å². The topological polar surface area (TPSA) is 76.4 Å². The molecule has 1 spiro atoms. The van der Waals surface area contributed by atoms with Gasteiger partial charge in [-0.2, -0.15) is 0 Å². The van der Waals surface area contributed by atoms with E-state index in [0.717, 1.165) is 43.9 Å². The number of hydrogen-bond acceptors (Lipinski definition) is 6. The Morgan fingerprint density at radius 2 is 1.89 bits per heavy atom. The van der Waals surface area contributed by atoms with E-state index in [-0.39, 0.29) is 18.0 Å². The highest BCUT2D eigenvalue weighted by molar-refractivity contribution is 5.88. The van der Waals surface area contributed by atoms with Crippen molar-refractivity contribution in [3.05, 3.63) is 59.8 Å². The number of hydroxylamine groups is 1. The second kappa shape index (κ2) is 9.53. The van der Waals surface area contributed by atoms with E-state index in [1.165, 1.54) is 16.5 Å². The third kappa shape index (κ3) is 4.74. The van der Waals surface area contributed by atoms with Gasteiger partial charge in [0.15, 0.2) is 6.79 Å². The Labute approximate surface area is 205 Å². The molecule has 2 aliphatic heterocycles. The minimum atomic E-state index is -0.932. The molecular formula is C27H33N3O5. The highest BCUT2D eigenvalue weighted by Gasteiger charge is 2.40. The highest BCUT2D eigenvalue weighted by atomic mass is 16.8. The van der Waals surface area contributed by atoms with E-state index in [2.05, 4.69) is 41.6 Å². The van der Waals surface area contributed by atoms with Gasteiger partial charge < -0.3 is 19.1 Å². The van der Waals surface area contributed by atoms with Gasteiger partial charge in [-0.3, -0.25) is 4.90 Å². The predicted octanol–water partition coefficient (Wildman–Crippen LogP) is 4.69. The maximum absolute atomic E-state index is 11.2. The summed E-state index contributed by atoms with van der Waals surface area (Å²) in [4.78, 5) is 19.4. The van der Waals surface area contributed by atoms with Gasteiger partial charge in [0, 0.05) is 43.3 Å². The quantitative estimate of drug-likeness (QED) is 0.550. The number of hydrogen-bond donors (Lipinski definition) is 1. The first kappa shape index (κ1) is 23.7. The molecule has 3 heterocycles. The van der Waals surface area contributed by atoms with E-state index in [9.17, 15) is 4.79 Å². The summed E-state index contributed by atoms with van der Waals surface area (Å²) in [5.41, 5.74) is 3.39. The number of methoxy groups -OCH3 is 1. The number of ether oxygens (including phenoxy) is 2. The number of aromatic carboxylic acids is 1. The summed E-state index contributed by atoms with van der Waals surface area (Å²) < 4.78 is 13.9. The van der Waals surface area contributed by atoms with Crippen LogP contribution in [0.5, 0.6) is 5.75 Å². The Hall–Kier alpha value is -3.07. The van der Waals surface area contributed by atoms with Crippen molar-refractivity contribution in [3.8, 4) is 5.75 Å². The molecule has 35 heavy (non-hydrogen) atoms. The number of aromatic nitrogens is 1. The van der Waals surface area contributed by atoms with Gasteiger partial charge in [0.25, 0.3) is 0 Å². The van der Waals surface area contributed by atoms with Gasteiger partial charge in [0.1, 0.15) is 5.75 Å². The number of fused-ring (bicyclic) bond motifs is 1. The Bertz CT molecular complexity index is 1200. The molecule has 186 valence electrons. The third-order valence-corrected chi connectivity index (χ3v) is 7.25. The number of rotatable bonds is 6. The van der Waals surface area contributed by atoms with Gasteiger partial charge >= 0.3 is 5.97 Å². The van der Waals surface area contributed by atoms with Crippen LogP contribution in [0.2, 0.25) is 0 Å². The number of carboxylic acid groups (broad SMARTS) is 1. The van der Waals surface area contributed by atoms with E-state index in [1.54, 1.807) is 31.4 Å². The molecule has 5 rings (SSSR count). The molecule has 2 saturated heterocycles. The molecule has 0 atom stereocenters. The van der Waals surface area contributed by atoms with E-state index in [1.807, 2.05) is 11.1 Å². The summed E-state index contributed by atoms with van der Waals surface area (Å²) in [5.74, 6) is -0.0540. The maximum atomic E-state index is 11.2. The van der Waals surface area contributed by atoms with Crippen LogP contribution in [-0.4, -0.2) is 59.7 Å². The normalized spacial score (nSPS) is 18.5. The van der Waals surface area contributed by atoms with Gasteiger partial charge in [0.05, 0.1) is 36.0 Å². The van der Waals surface area contributed by atoms with E-state index >= 15 is 0 Å². The molecule has 3 aromatic rings. The van der Waals surface area contributed by atoms with Crippen molar-refractivity contribution in [2.45, 2.75) is 44.9 Å². The molecular weight excluding hydrogens is 446 g/mol. The fraction of sp³-hybridized carbons (Fsp3) is 0.444. The van der Waals surface area contributed by atoms with Crippen LogP contribution in [0.4, 0.5) is 5.69 Å². The lowest BCUT2D eigenvalue weighted by atomic mass is 9.90.